The Labute approximate surface area is 169 Å². The number of ether oxygens (including phenoxy) is 1. The van der Waals surface area contributed by atoms with Crippen LogP contribution in [0.4, 0.5) is 0 Å². The number of benzene rings is 1. The zero-order chi connectivity index (χ0) is 21.7. The van der Waals surface area contributed by atoms with Crippen molar-refractivity contribution in [2.24, 2.45) is 17.3 Å². The Balaban J connectivity index is 2.13. The number of carbonyl (C=O) groups is 3. The lowest BCUT2D eigenvalue weighted by Gasteiger charge is -2.41. The summed E-state index contributed by atoms with van der Waals surface area (Å²) in [5.74, 6) is -4.07. The number of rotatable bonds is 4. The number of phenols is 2. The largest absolute Gasteiger partial charge is 0.504 e. The molecule has 0 spiro atoms. The molecule has 2 aliphatic rings. The van der Waals surface area contributed by atoms with Crippen LogP contribution in [0.5, 0.6) is 17.2 Å². The molecule has 1 saturated carbocycles. The van der Waals surface area contributed by atoms with Crippen molar-refractivity contribution in [3.63, 3.8) is 0 Å². The Morgan fingerprint density at radius 1 is 1.28 bits per heavy atom. The molecule has 3 unspecified atom stereocenters. The average Bonchev–Trinajstić information content (AvgIpc) is 2.61. The molecule has 1 heterocycles. The second-order valence-corrected chi connectivity index (χ2v) is 8.61. The van der Waals surface area contributed by atoms with Crippen LogP contribution in [-0.4, -0.2) is 33.7 Å². The van der Waals surface area contributed by atoms with Gasteiger partial charge in [0.1, 0.15) is 23.6 Å². The third-order valence-corrected chi connectivity index (χ3v) is 5.82. The van der Waals surface area contributed by atoms with E-state index in [1.807, 2.05) is 19.9 Å². The second kappa shape index (κ2) is 7.17. The lowest BCUT2D eigenvalue weighted by Crippen LogP contribution is -2.55. The van der Waals surface area contributed by atoms with Gasteiger partial charge in [-0.25, -0.2) is 0 Å². The van der Waals surface area contributed by atoms with Gasteiger partial charge in [0.15, 0.2) is 23.1 Å². The first-order chi connectivity index (χ1) is 13.5. The van der Waals surface area contributed by atoms with Crippen LogP contribution in [0, 0.1) is 17.3 Å². The molecule has 6 heteroatoms. The highest BCUT2D eigenvalue weighted by Crippen LogP contribution is 2.47. The van der Waals surface area contributed by atoms with Gasteiger partial charge in [-0.3, -0.25) is 14.4 Å². The van der Waals surface area contributed by atoms with Crippen molar-refractivity contribution >= 4 is 17.3 Å². The Morgan fingerprint density at radius 3 is 2.52 bits per heavy atom. The van der Waals surface area contributed by atoms with E-state index in [2.05, 4.69) is 6.58 Å². The van der Waals surface area contributed by atoms with Gasteiger partial charge in [0.2, 0.25) is 0 Å². The van der Waals surface area contributed by atoms with Gasteiger partial charge in [-0.1, -0.05) is 31.6 Å². The molecule has 1 fully saturated rings. The predicted octanol–water partition coefficient (Wildman–Crippen LogP) is 3.54. The van der Waals surface area contributed by atoms with Gasteiger partial charge >= 0.3 is 0 Å². The number of hydrogen-bond donors (Lipinski definition) is 2. The summed E-state index contributed by atoms with van der Waals surface area (Å²) in [5.41, 5.74) is 0.489. The maximum absolute atomic E-state index is 13.4. The van der Waals surface area contributed by atoms with Gasteiger partial charge in [-0.15, -0.1) is 6.58 Å². The average molecular weight is 398 g/mol. The van der Waals surface area contributed by atoms with Crippen LogP contribution in [0.3, 0.4) is 0 Å². The third-order valence-electron chi connectivity index (χ3n) is 5.82. The first-order valence-electron chi connectivity index (χ1n) is 9.61. The quantitative estimate of drug-likeness (QED) is 0.457. The van der Waals surface area contributed by atoms with E-state index in [1.54, 1.807) is 19.9 Å². The Kier molecular flexibility index (Phi) is 5.15. The molecule has 2 N–H and O–H groups in total. The fourth-order valence-electron chi connectivity index (χ4n) is 4.14. The molecular weight excluding hydrogens is 372 g/mol. The molecule has 3 atom stereocenters. The van der Waals surface area contributed by atoms with E-state index in [1.165, 1.54) is 6.07 Å². The van der Waals surface area contributed by atoms with Crippen molar-refractivity contribution in [2.75, 3.05) is 0 Å². The SMILES string of the molecule is C=CC(C)(C)C1C(=O)CC2Oc3cc(O)c(O)c(CC=C(C)C)c3C(=O)C2C1=O. The van der Waals surface area contributed by atoms with Gasteiger partial charge in [0.25, 0.3) is 0 Å². The van der Waals surface area contributed by atoms with Gasteiger partial charge < -0.3 is 14.9 Å². The number of fused-ring (bicyclic) bond motifs is 2. The number of allylic oxidation sites excluding steroid dienone is 3. The maximum atomic E-state index is 13.4. The number of carbonyl (C=O) groups excluding carboxylic acids is 3. The highest BCUT2D eigenvalue weighted by Gasteiger charge is 2.54. The number of Topliss-reactive ketones (excluding diaryl/α,β-unsaturated/α-hetero) is 3. The van der Waals surface area contributed by atoms with E-state index < -0.39 is 46.4 Å². The smallest absolute Gasteiger partial charge is 0.181 e. The number of hydrogen-bond acceptors (Lipinski definition) is 6. The normalized spacial score (nSPS) is 23.7. The van der Waals surface area contributed by atoms with Crippen molar-refractivity contribution in [2.45, 2.75) is 46.6 Å². The lowest BCUT2D eigenvalue weighted by atomic mass is 9.63. The molecule has 154 valence electrons. The zero-order valence-electron chi connectivity index (χ0n) is 17.1. The minimum absolute atomic E-state index is 0.0749. The van der Waals surface area contributed by atoms with E-state index in [-0.39, 0.29) is 35.5 Å². The molecule has 1 aliphatic carbocycles. The van der Waals surface area contributed by atoms with Crippen molar-refractivity contribution in [1.29, 1.82) is 0 Å². The summed E-state index contributed by atoms with van der Waals surface area (Å²) in [6.45, 7) is 11.0. The van der Waals surface area contributed by atoms with Gasteiger partial charge in [0.05, 0.1) is 11.5 Å². The fourth-order valence-corrected chi connectivity index (χ4v) is 4.14. The highest BCUT2D eigenvalue weighted by atomic mass is 16.5. The Hall–Kier alpha value is -2.89. The minimum Gasteiger partial charge on any atom is -0.504 e. The third kappa shape index (κ3) is 3.37. The van der Waals surface area contributed by atoms with E-state index in [9.17, 15) is 24.6 Å². The Bertz CT molecular complexity index is 949. The summed E-state index contributed by atoms with van der Waals surface area (Å²) in [5, 5.41) is 20.4. The first kappa shape index (κ1) is 20.8. The molecular formula is C23H26O6. The molecule has 1 aromatic carbocycles. The molecule has 0 radical (unpaired) electrons. The molecule has 6 nitrogen and oxygen atoms in total. The monoisotopic (exact) mass is 398 g/mol. The van der Waals surface area contributed by atoms with Crippen molar-refractivity contribution < 1.29 is 29.3 Å². The molecule has 0 bridgehead atoms. The van der Waals surface area contributed by atoms with E-state index >= 15 is 0 Å². The van der Waals surface area contributed by atoms with Crippen LogP contribution in [0.15, 0.2) is 30.4 Å². The first-order valence-corrected chi connectivity index (χ1v) is 9.61. The molecule has 1 aromatic rings. The topological polar surface area (TPSA) is 101 Å². The van der Waals surface area contributed by atoms with E-state index in [0.29, 0.717) is 0 Å². The molecule has 0 amide bonds. The summed E-state index contributed by atoms with van der Waals surface area (Å²) < 4.78 is 5.84. The van der Waals surface area contributed by atoms with Gasteiger partial charge in [0, 0.05) is 18.1 Å². The zero-order valence-corrected chi connectivity index (χ0v) is 17.1. The molecule has 0 aromatic heterocycles. The molecule has 1 aliphatic heterocycles. The summed E-state index contributed by atoms with van der Waals surface area (Å²) in [4.78, 5) is 39.3. The van der Waals surface area contributed by atoms with Gasteiger partial charge in [-0.2, -0.15) is 0 Å². The Morgan fingerprint density at radius 2 is 1.93 bits per heavy atom. The van der Waals surface area contributed by atoms with Gasteiger partial charge in [-0.05, 0) is 25.7 Å². The second-order valence-electron chi connectivity index (χ2n) is 8.61. The lowest BCUT2D eigenvalue weighted by molar-refractivity contribution is -0.145. The summed E-state index contributed by atoms with van der Waals surface area (Å²) in [6, 6.07) is 1.17. The van der Waals surface area contributed by atoms with Crippen LogP contribution >= 0.6 is 0 Å². The van der Waals surface area contributed by atoms with Crippen LogP contribution in [0.2, 0.25) is 0 Å². The summed E-state index contributed by atoms with van der Waals surface area (Å²) in [7, 11) is 0. The van der Waals surface area contributed by atoms with E-state index in [0.717, 1.165) is 5.57 Å². The van der Waals surface area contributed by atoms with Crippen LogP contribution in [-0.2, 0) is 16.0 Å². The maximum Gasteiger partial charge on any atom is 0.181 e. The number of ketones is 3. The number of phenolic OH excluding ortho intramolecular Hbond substituents is 2. The van der Waals surface area contributed by atoms with Crippen molar-refractivity contribution in [1.82, 2.24) is 0 Å². The van der Waals surface area contributed by atoms with Crippen molar-refractivity contribution in [3.05, 3.63) is 41.5 Å². The summed E-state index contributed by atoms with van der Waals surface area (Å²) in [6.07, 6.45) is 2.58. The molecule has 29 heavy (non-hydrogen) atoms. The standard InChI is InChI=1S/C23H26O6/c1-6-23(4,5)19-13(24)9-16-18(22(19)28)21(27)17-12(8-7-11(2)3)20(26)14(25)10-15(17)29-16/h6-7,10,16,18-19,25-26H,1,8-9H2,2-5H3. The predicted molar refractivity (Wildman–Crippen MR) is 107 cm³/mol. The van der Waals surface area contributed by atoms with E-state index in [4.69, 9.17) is 4.74 Å². The minimum atomic E-state index is -1.13. The van der Waals surface area contributed by atoms with Crippen molar-refractivity contribution in [3.8, 4) is 17.2 Å². The fraction of sp³-hybridized carbons (Fsp3) is 0.435. The molecule has 0 saturated heterocycles. The van der Waals surface area contributed by atoms with Crippen LogP contribution in [0.25, 0.3) is 0 Å². The molecule has 3 rings (SSSR count). The summed E-state index contributed by atoms with van der Waals surface area (Å²) >= 11 is 0. The highest BCUT2D eigenvalue weighted by molar-refractivity contribution is 6.21. The van der Waals surface area contributed by atoms with Crippen LogP contribution < -0.4 is 4.74 Å². The van der Waals surface area contributed by atoms with Crippen LogP contribution in [0.1, 0.15) is 50.0 Å². The number of aromatic hydroxyl groups is 2.